The highest BCUT2D eigenvalue weighted by Gasteiger charge is 2.49. The SMILES string of the molecule is CC(SC1COC(/C=C/C2CCCNC2)OC1)[C@](O)(Cn1cncn1)C1CCC(F)CC1F. The molecule has 4 rings (SSSR count). The zero-order chi connectivity index (χ0) is 23.3. The molecule has 0 radical (unpaired) electrons. The topological polar surface area (TPSA) is 81.4 Å². The Hall–Kier alpha value is -1.07. The number of rotatable bonds is 8. The third-order valence-electron chi connectivity index (χ3n) is 7.10. The van der Waals surface area contributed by atoms with E-state index in [4.69, 9.17) is 9.47 Å². The van der Waals surface area contributed by atoms with Gasteiger partial charge in [-0.05, 0) is 44.2 Å². The van der Waals surface area contributed by atoms with Crippen LogP contribution in [0, 0.1) is 11.8 Å². The first-order valence-corrected chi connectivity index (χ1v) is 13.0. The maximum absolute atomic E-state index is 14.9. The average Bonchev–Trinajstić information content (AvgIpc) is 3.32. The van der Waals surface area contributed by atoms with Crippen molar-refractivity contribution in [3.8, 4) is 0 Å². The molecule has 3 fully saturated rings. The first-order chi connectivity index (χ1) is 15.9. The third-order valence-corrected chi connectivity index (χ3v) is 8.57. The number of halogens is 2. The highest BCUT2D eigenvalue weighted by molar-refractivity contribution is 8.00. The summed E-state index contributed by atoms with van der Waals surface area (Å²) >= 11 is 1.54. The Labute approximate surface area is 198 Å². The van der Waals surface area contributed by atoms with Crippen molar-refractivity contribution in [2.24, 2.45) is 11.8 Å². The molecule has 2 N–H and O–H groups in total. The minimum absolute atomic E-state index is 0.0128. The summed E-state index contributed by atoms with van der Waals surface area (Å²) in [6, 6.07) is 0. The molecule has 3 heterocycles. The number of alkyl halides is 2. The summed E-state index contributed by atoms with van der Waals surface area (Å²) in [6.45, 7) is 5.06. The molecule has 1 aliphatic carbocycles. The van der Waals surface area contributed by atoms with E-state index in [-0.39, 0.29) is 36.2 Å². The van der Waals surface area contributed by atoms with Crippen LogP contribution in [0.25, 0.3) is 0 Å². The second kappa shape index (κ2) is 11.6. The van der Waals surface area contributed by atoms with E-state index in [1.165, 1.54) is 41.9 Å². The van der Waals surface area contributed by atoms with E-state index in [1.54, 1.807) is 0 Å². The second-order valence-corrected chi connectivity index (χ2v) is 11.2. The van der Waals surface area contributed by atoms with Crippen LogP contribution in [0.5, 0.6) is 0 Å². The second-order valence-electron chi connectivity index (χ2n) is 9.54. The Balaban J connectivity index is 1.35. The van der Waals surface area contributed by atoms with Crippen molar-refractivity contribution >= 4 is 11.8 Å². The summed E-state index contributed by atoms with van der Waals surface area (Å²) in [7, 11) is 0. The van der Waals surface area contributed by atoms with Crippen molar-refractivity contribution in [1.82, 2.24) is 20.1 Å². The van der Waals surface area contributed by atoms with Gasteiger partial charge in [0.05, 0.1) is 25.0 Å². The van der Waals surface area contributed by atoms with Gasteiger partial charge in [0.15, 0.2) is 6.29 Å². The first kappa shape index (κ1) is 25.0. The maximum atomic E-state index is 14.9. The van der Waals surface area contributed by atoms with Crippen molar-refractivity contribution in [2.45, 2.75) is 80.3 Å². The number of hydrogen-bond donors (Lipinski definition) is 2. The number of aromatic nitrogens is 3. The molecule has 33 heavy (non-hydrogen) atoms. The van der Waals surface area contributed by atoms with E-state index >= 15 is 0 Å². The van der Waals surface area contributed by atoms with Gasteiger partial charge in [-0.25, -0.2) is 13.8 Å². The lowest BCUT2D eigenvalue weighted by Gasteiger charge is -2.45. The molecule has 0 bridgehead atoms. The van der Waals surface area contributed by atoms with Crippen molar-refractivity contribution in [3.63, 3.8) is 0 Å². The predicted octanol–water partition coefficient (Wildman–Crippen LogP) is 2.90. The van der Waals surface area contributed by atoms with Crippen LogP contribution in [0.4, 0.5) is 8.78 Å². The molecule has 1 aromatic rings. The molecular weight excluding hydrogens is 450 g/mol. The van der Waals surface area contributed by atoms with E-state index in [0.29, 0.717) is 25.6 Å². The number of nitrogens with zero attached hydrogens (tertiary/aromatic N) is 3. The smallest absolute Gasteiger partial charge is 0.176 e. The lowest BCUT2D eigenvalue weighted by molar-refractivity contribution is -0.147. The van der Waals surface area contributed by atoms with Crippen LogP contribution in [-0.4, -0.2) is 80.9 Å². The van der Waals surface area contributed by atoms with Crippen LogP contribution in [0.3, 0.4) is 0 Å². The van der Waals surface area contributed by atoms with Gasteiger partial charge in [-0.1, -0.05) is 13.0 Å². The van der Waals surface area contributed by atoms with E-state index in [2.05, 4.69) is 21.5 Å². The monoisotopic (exact) mass is 486 g/mol. The van der Waals surface area contributed by atoms with Crippen LogP contribution in [0.2, 0.25) is 0 Å². The van der Waals surface area contributed by atoms with Crippen molar-refractivity contribution in [3.05, 3.63) is 24.8 Å². The molecule has 0 aromatic carbocycles. The molecule has 7 nitrogen and oxygen atoms in total. The Morgan fingerprint density at radius 1 is 1.27 bits per heavy atom. The molecule has 0 spiro atoms. The molecule has 1 saturated carbocycles. The van der Waals surface area contributed by atoms with Crippen molar-refractivity contribution < 1.29 is 23.4 Å². The Morgan fingerprint density at radius 3 is 2.76 bits per heavy atom. The van der Waals surface area contributed by atoms with Gasteiger partial charge in [-0.15, -0.1) is 11.8 Å². The fourth-order valence-electron chi connectivity index (χ4n) is 5.14. The summed E-state index contributed by atoms with van der Waals surface area (Å²) in [5, 5.41) is 19.0. The molecule has 186 valence electrons. The Kier molecular flexibility index (Phi) is 8.78. The molecular formula is C23H36F2N4O3S. The predicted molar refractivity (Wildman–Crippen MR) is 123 cm³/mol. The molecule has 3 aliphatic rings. The minimum Gasteiger partial charge on any atom is -0.386 e. The van der Waals surface area contributed by atoms with Gasteiger partial charge in [0, 0.05) is 24.1 Å². The van der Waals surface area contributed by atoms with Crippen molar-refractivity contribution in [2.75, 3.05) is 26.3 Å². The third kappa shape index (κ3) is 6.54. The summed E-state index contributed by atoms with van der Waals surface area (Å²) in [6.07, 6.45) is 6.94. The minimum atomic E-state index is -1.40. The number of ether oxygens (including phenoxy) is 2. The zero-order valence-electron chi connectivity index (χ0n) is 19.2. The van der Waals surface area contributed by atoms with Crippen molar-refractivity contribution in [1.29, 1.82) is 0 Å². The van der Waals surface area contributed by atoms with Gasteiger partial charge in [0.25, 0.3) is 0 Å². The zero-order valence-corrected chi connectivity index (χ0v) is 20.0. The number of nitrogens with one attached hydrogen (secondary N) is 1. The van der Waals surface area contributed by atoms with Crippen LogP contribution in [-0.2, 0) is 16.0 Å². The molecule has 5 unspecified atom stereocenters. The normalized spacial score (nSPS) is 36.5. The largest absolute Gasteiger partial charge is 0.386 e. The van der Waals surface area contributed by atoms with Crippen LogP contribution < -0.4 is 5.32 Å². The molecule has 2 saturated heterocycles. The number of aliphatic hydroxyl groups is 1. The lowest BCUT2D eigenvalue weighted by Crippen LogP contribution is -2.55. The van der Waals surface area contributed by atoms with Crippen LogP contribution in [0.1, 0.15) is 39.0 Å². The highest BCUT2D eigenvalue weighted by Crippen LogP contribution is 2.43. The summed E-state index contributed by atoms with van der Waals surface area (Å²) in [5.74, 6) is -0.153. The summed E-state index contributed by atoms with van der Waals surface area (Å²) in [5.41, 5.74) is -1.40. The quantitative estimate of drug-likeness (QED) is 0.547. The van der Waals surface area contributed by atoms with E-state index in [1.807, 2.05) is 13.0 Å². The van der Waals surface area contributed by atoms with Crippen LogP contribution >= 0.6 is 11.8 Å². The Morgan fingerprint density at radius 2 is 2.09 bits per heavy atom. The Bertz CT molecular complexity index is 744. The van der Waals surface area contributed by atoms with Gasteiger partial charge in [0.1, 0.15) is 30.6 Å². The van der Waals surface area contributed by atoms with E-state index in [0.717, 1.165) is 13.1 Å². The lowest BCUT2D eigenvalue weighted by atomic mass is 9.73. The molecule has 1 aromatic heterocycles. The average molecular weight is 487 g/mol. The summed E-state index contributed by atoms with van der Waals surface area (Å²) in [4.78, 5) is 3.95. The number of piperidine rings is 1. The van der Waals surface area contributed by atoms with Gasteiger partial charge >= 0.3 is 0 Å². The number of thioether (sulfide) groups is 1. The fourth-order valence-corrected chi connectivity index (χ4v) is 6.52. The van der Waals surface area contributed by atoms with Gasteiger partial charge in [-0.3, -0.25) is 4.68 Å². The fraction of sp³-hybridized carbons (Fsp3) is 0.826. The summed E-state index contributed by atoms with van der Waals surface area (Å²) < 4.78 is 42.0. The van der Waals surface area contributed by atoms with E-state index in [9.17, 15) is 13.9 Å². The number of hydrogen-bond acceptors (Lipinski definition) is 7. The molecule has 10 heteroatoms. The van der Waals surface area contributed by atoms with Gasteiger partial charge < -0.3 is 19.9 Å². The maximum Gasteiger partial charge on any atom is 0.176 e. The molecule has 0 amide bonds. The van der Waals surface area contributed by atoms with E-state index < -0.39 is 23.9 Å². The first-order valence-electron chi connectivity index (χ1n) is 12.0. The standard InChI is InChI=1S/C23H36F2N4O3S/c1-16(33-19-11-31-22(32-12-19)7-4-17-3-2-8-26-10-17)23(30,13-29-15-27-14-28-29)20-6-5-18(24)9-21(20)25/h4,7,14-22,26,30H,2-3,5-6,8-13H2,1H3/b7-4+/t16?,17?,18?,19?,20?,21?,22?,23-/m1/s1. The molecule has 6 atom stereocenters. The van der Waals surface area contributed by atoms with Gasteiger partial charge in [0.2, 0.25) is 0 Å². The highest BCUT2D eigenvalue weighted by atomic mass is 32.2. The van der Waals surface area contributed by atoms with Crippen LogP contribution in [0.15, 0.2) is 24.8 Å². The van der Waals surface area contributed by atoms with Gasteiger partial charge in [-0.2, -0.15) is 5.10 Å². The molecule has 2 aliphatic heterocycles.